The van der Waals surface area contributed by atoms with E-state index in [9.17, 15) is 9.59 Å². The normalized spacial score (nSPS) is 29.9. The maximum atomic E-state index is 11.5. The number of rotatable bonds is 5. The highest BCUT2D eigenvalue weighted by Crippen LogP contribution is 2.59. The number of hydrogen-bond donors (Lipinski definition) is 1. The van der Waals surface area contributed by atoms with E-state index in [2.05, 4.69) is 0 Å². The maximum absolute atomic E-state index is 11.5. The second-order valence-corrected chi connectivity index (χ2v) is 5.95. The van der Waals surface area contributed by atoms with Crippen LogP contribution >= 0.6 is 0 Å². The van der Waals surface area contributed by atoms with Crippen molar-refractivity contribution in [2.75, 3.05) is 6.61 Å². The van der Waals surface area contributed by atoms with Crippen molar-refractivity contribution in [3.8, 4) is 0 Å². The van der Waals surface area contributed by atoms with Gasteiger partial charge in [-0.3, -0.25) is 4.79 Å². The van der Waals surface area contributed by atoms with Gasteiger partial charge in [0, 0.05) is 6.08 Å². The first kappa shape index (κ1) is 13.1. The summed E-state index contributed by atoms with van der Waals surface area (Å²) in [7, 11) is 0. The van der Waals surface area contributed by atoms with Crippen molar-refractivity contribution in [3.63, 3.8) is 0 Å². The number of esters is 1. The Bertz CT molecular complexity index is 379. The van der Waals surface area contributed by atoms with Gasteiger partial charge in [0.25, 0.3) is 0 Å². The molecule has 0 aromatic heterocycles. The summed E-state index contributed by atoms with van der Waals surface area (Å²) in [6, 6.07) is 0. The van der Waals surface area contributed by atoms with E-state index in [1.165, 1.54) is 12.5 Å². The van der Waals surface area contributed by atoms with Gasteiger partial charge in [0.05, 0.1) is 12.5 Å². The fourth-order valence-electron chi connectivity index (χ4n) is 2.60. The Kier molecular flexibility index (Phi) is 3.46. The van der Waals surface area contributed by atoms with Gasteiger partial charge in [-0.15, -0.1) is 0 Å². The molecule has 2 fully saturated rings. The van der Waals surface area contributed by atoms with Crippen LogP contribution < -0.4 is 0 Å². The first-order chi connectivity index (χ1) is 8.43. The number of hydrogen-bond acceptors (Lipinski definition) is 3. The number of carboxylic acids is 1. The van der Waals surface area contributed by atoms with E-state index in [1.54, 1.807) is 6.08 Å². The molecular weight excluding hydrogens is 232 g/mol. The lowest BCUT2D eigenvalue weighted by Crippen LogP contribution is -2.19. The summed E-state index contributed by atoms with van der Waals surface area (Å²) >= 11 is 0. The van der Waals surface area contributed by atoms with Crippen LogP contribution in [0.3, 0.4) is 0 Å². The summed E-state index contributed by atoms with van der Waals surface area (Å²) in [5.74, 6) is -1.06. The van der Waals surface area contributed by atoms with Gasteiger partial charge in [0.1, 0.15) is 0 Å². The van der Waals surface area contributed by atoms with Crippen LogP contribution in [0.25, 0.3) is 0 Å². The van der Waals surface area contributed by atoms with Gasteiger partial charge < -0.3 is 9.84 Å². The lowest BCUT2D eigenvalue weighted by atomic mass is 9.86. The van der Waals surface area contributed by atoms with Crippen molar-refractivity contribution in [3.05, 3.63) is 12.2 Å². The van der Waals surface area contributed by atoms with Crippen LogP contribution in [0.4, 0.5) is 0 Å². The smallest absolute Gasteiger partial charge is 0.330 e. The lowest BCUT2D eigenvalue weighted by Gasteiger charge is -2.24. The molecule has 0 radical (unpaired) electrons. The second-order valence-electron chi connectivity index (χ2n) is 5.95. The first-order valence-electron chi connectivity index (χ1n) is 6.50. The number of carboxylic acid groups (broad SMARTS) is 1. The van der Waals surface area contributed by atoms with Crippen molar-refractivity contribution in [1.29, 1.82) is 0 Å². The van der Waals surface area contributed by atoms with Crippen LogP contribution in [-0.4, -0.2) is 23.7 Å². The highest BCUT2D eigenvalue weighted by molar-refractivity contribution is 5.83. The zero-order valence-corrected chi connectivity index (χ0v) is 10.9. The molecule has 0 aromatic rings. The molecule has 0 aromatic carbocycles. The predicted molar refractivity (Wildman–Crippen MR) is 65.8 cm³/mol. The number of allylic oxidation sites excluding steroid dienone is 1. The number of carbonyl (C=O) groups is 2. The molecule has 4 nitrogen and oxygen atoms in total. The Labute approximate surface area is 107 Å². The molecule has 0 amide bonds. The van der Waals surface area contributed by atoms with E-state index in [1.807, 2.05) is 13.8 Å². The van der Waals surface area contributed by atoms with Crippen molar-refractivity contribution >= 4 is 11.9 Å². The van der Waals surface area contributed by atoms with E-state index in [0.29, 0.717) is 12.5 Å². The minimum atomic E-state index is -0.794. The van der Waals surface area contributed by atoms with Crippen LogP contribution in [0.5, 0.6) is 0 Å². The molecule has 2 aliphatic rings. The van der Waals surface area contributed by atoms with Crippen LogP contribution in [-0.2, 0) is 14.3 Å². The minimum Gasteiger partial charge on any atom is -0.481 e. The van der Waals surface area contributed by atoms with Crippen molar-refractivity contribution in [2.45, 2.75) is 33.1 Å². The fraction of sp³-hybridized carbons (Fsp3) is 0.714. The van der Waals surface area contributed by atoms with Crippen LogP contribution in [0, 0.1) is 23.2 Å². The Morgan fingerprint density at radius 3 is 2.50 bits per heavy atom. The second kappa shape index (κ2) is 4.75. The topological polar surface area (TPSA) is 63.6 Å². The van der Waals surface area contributed by atoms with E-state index in [-0.39, 0.29) is 23.2 Å². The van der Waals surface area contributed by atoms with Crippen LogP contribution in [0.15, 0.2) is 12.2 Å². The molecule has 0 heterocycles. The number of ether oxygens (including phenoxy) is 1. The molecule has 2 rings (SSSR count). The molecule has 1 N–H and O–H groups in total. The highest BCUT2D eigenvalue weighted by Gasteiger charge is 2.60. The Hall–Kier alpha value is -1.32. The largest absolute Gasteiger partial charge is 0.481 e. The molecule has 2 saturated carbocycles. The molecule has 2 unspecified atom stereocenters. The summed E-state index contributed by atoms with van der Waals surface area (Å²) in [4.78, 5) is 22.4. The third-order valence-corrected chi connectivity index (χ3v) is 4.30. The summed E-state index contributed by atoms with van der Waals surface area (Å²) < 4.78 is 5.11. The quantitative estimate of drug-likeness (QED) is 0.602. The number of carbonyl (C=O) groups excluding carboxylic acids is 1. The first-order valence-corrected chi connectivity index (χ1v) is 6.50. The average Bonchev–Trinajstić information content (AvgIpc) is 2.75. The van der Waals surface area contributed by atoms with Gasteiger partial charge >= 0.3 is 11.9 Å². The highest BCUT2D eigenvalue weighted by atomic mass is 16.5. The van der Waals surface area contributed by atoms with E-state index in [4.69, 9.17) is 9.84 Å². The number of aliphatic carboxylic acids is 1. The van der Waals surface area contributed by atoms with Gasteiger partial charge in [-0.05, 0) is 30.1 Å². The molecule has 0 aliphatic heterocycles. The van der Waals surface area contributed by atoms with Gasteiger partial charge in [0.2, 0.25) is 0 Å². The Balaban J connectivity index is 1.77. The van der Waals surface area contributed by atoms with E-state index >= 15 is 0 Å². The van der Waals surface area contributed by atoms with Crippen molar-refractivity contribution < 1.29 is 19.4 Å². The van der Waals surface area contributed by atoms with E-state index < -0.39 is 5.97 Å². The summed E-state index contributed by atoms with van der Waals surface area (Å²) in [5, 5.41) is 8.99. The average molecular weight is 252 g/mol. The molecule has 18 heavy (non-hydrogen) atoms. The van der Waals surface area contributed by atoms with Crippen molar-refractivity contribution in [2.24, 2.45) is 23.2 Å². The Morgan fingerprint density at radius 1 is 1.39 bits per heavy atom. The zero-order valence-electron chi connectivity index (χ0n) is 10.9. The van der Waals surface area contributed by atoms with Gasteiger partial charge in [-0.25, -0.2) is 4.79 Å². The molecule has 100 valence electrons. The van der Waals surface area contributed by atoms with Gasteiger partial charge in [-0.2, -0.15) is 0 Å². The fourth-order valence-corrected chi connectivity index (χ4v) is 2.60. The van der Waals surface area contributed by atoms with Gasteiger partial charge in [0.15, 0.2) is 0 Å². The lowest BCUT2D eigenvalue weighted by molar-refractivity contribution is -0.140. The minimum absolute atomic E-state index is 0.0637. The van der Waals surface area contributed by atoms with Crippen LogP contribution in [0.2, 0.25) is 0 Å². The SMILES string of the molecule is CC1(C)C(C=CC(=O)OCC2CCC2)C1C(=O)O. The molecule has 0 saturated heterocycles. The summed E-state index contributed by atoms with van der Waals surface area (Å²) in [6.45, 7) is 4.31. The molecular formula is C14H20O4. The van der Waals surface area contributed by atoms with E-state index in [0.717, 1.165) is 12.8 Å². The molecule has 2 aliphatic carbocycles. The third-order valence-electron chi connectivity index (χ3n) is 4.30. The third kappa shape index (κ3) is 2.57. The summed E-state index contributed by atoms with van der Waals surface area (Å²) in [5.41, 5.74) is -0.253. The molecule has 4 heteroatoms. The van der Waals surface area contributed by atoms with Crippen molar-refractivity contribution in [1.82, 2.24) is 0 Å². The zero-order chi connectivity index (χ0) is 13.3. The van der Waals surface area contributed by atoms with Crippen LogP contribution in [0.1, 0.15) is 33.1 Å². The molecule has 2 atom stereocenters. The molecule has 0 spiro atoms. The maximum Gasteiger partial charge on any atom is 0.330 e. The monoisotopic (exact) mass is 252 g/mol. The summed E-state index contributed by atoms with van der Waals surface area (Å²) in [6.07, 6.45) is 6.59. The molecule has 0 bridgehead atoms. The standard InChI is InChI=1S/C14H20O4/c1-14(2)10(12(14)13(16)17)6-7-11(15)18-8-9-4-3-5-9/h6-7,9-10,12H,3-5,8H2,1-2H3,(H,16,17). The predicted octanol–water partition coefficient (Wildman–Crippen LogP) is 2.24. The Morgan fingerprint density at radius 2 is 2.06 bits per heavy atom. The van der Waals surface area contributed by atoms with Gasteiger partial charge in [-0.1, -0.05) is 26.3 Å².